The van der Waals surface area contributed by atoms with Gasteiger partial charge >= 0.3 is 0 Å². The van der Waals surface area contributed by atoms with Crippen molar-refractivity contribution in [1.29, 1.82) is 0 Å². The van der Waals surface area contributed by atoms with Crippen LogP contribution in [0.15, 0.2) is 46.3 Å². The molecule has 2 aromatic rings. The normalized spacial score (nSPS) is 15.6. The van der Waals surface area contributed by atoms with E-state index in [0.717, 1.165) is 6.42 Å². The van der Waals surface area contributed by atoms with Gasteiger partial charge in [0.05, 0.1) is 0 Å². The van der Waals surface area contributed by atoms with Crippen molar-refractivity contribution in [2.75, 3.05) is 7.05 Å². The Hall–Kier alpha value is -0.640. The summed E-state index contributed by atoms with van der Waals surface area (Å²) in [7, 11) is 2.09. The molecule has 2 rings (SSSR count). The smallest absolute Gasteiger partial charge is 0.0314 e. The minimum Gasteiger partial charge on any atom is -0.316 e. The average molecular weight is 366 g/mol. The van der Waals surface area contributed by atoms with Crippen LogP contribution in [-0.2, 0) is 6.42 Å². The van der Waals surface area contributed by atoms with Crippen LogP contribution >= 0.6 is 27.3 Å². The number of thiophene rings is 1. The number of hydrogen-bond acceptors (Lipinski definition) is 2. The second-order valence-corrected chi connectivity index (χ2v) is 7.47. The summed E-state index contributed by atoms with van der Waals surface area (Å²) < 4.78 is 1.24. The van der Waals surface area contributed by atoms with E-state index in [1.165, 1.54) is 21.3 Å². The minimum absolute atomic E-state index is 0.456. The van der Waals surface area contributed by atoms with Crippen LogP contribution in [0.5, 0.6) is 0 Å². The fourth-order valence-electron chi connectivity index (χ4n) is 2.97. The van der Waals surface area contributed by atoms with Gasteiger partial charge in [-0.25, -0.2) is 0 Å². The Bertz CT molecular complexity index is 537. The van der Waals surface area contributed by atoms with Gasteiger partial charge in [-0.05, 0) is 52.3 Å². The Morgan fingerprint density at radius 1 is 1.19 bits per heavy atom. The predicted octanol–water partition coefficient (Wildman–Crippen LogP) is 5.47. The first kappa shape index (κ1) is 16.7. The Balaban J connectivity index is 2.27. The van der Waals surface area contributed by atoms with Crippen molar-refractivity contribution >= 4 is 27.3 Å². The standard InChI is InChI=1S/C18H24BrNS/c1-4-13(2)18(14-8-6-5-7-9-14)16(20-3)12-17-15(19)10-11-21-17/h5-11,13,16,18,20H,4,12H2,1-3H3. The zero-order valence-electron chi connectivity index (χ0n) is 13.0. The molecule has 3 atom stereocenters. The molecule has 0 amide bonds. The van der Waals surface area contributed by atoms with E-state index >= 15 is 0 Å². The van der Waals surface area contributed by atoms with Crippen molar-refractivity contribution in [2.45, 2.75) is 38.6 Å². The van der Waals surface area contributed by atoms with Crippen LogP contribution in [0.4, 0.5) is 0 Å². The molecular weight excluding hydrogens is 342 g/mol. The maximum Gasteiger partial charge on any atom is 0.0314 e. The van der Waals surface area contributed by atoms with Crippen molar-refractivity contribution in [2.24, 2.45) is 5.92 Å². The SMILES string of the molecule is CCC(C)C(c1ccccc1)C(Cc1sccc1Br)NC. The van der Waals surface area contributed by atoms with Crippen LogP contribution < -0.4 is 5.32 Å². The van der Waals surface area contributed by atoms with E-state index in [4.69, 9.17) is 0 Å². The van der Waals surface area contributed by atoms with Crippen molar-refractivity contribution in [3.63, 3.8) is 0 Å². The largest absolute Gasteiger partial charge is 0.316 e. The predicted molar refractivity (Wildman–Crippen MR) is 97.2 cm³/mol. The van der Waals surface area contributed by atoms with Crippen molar-refractivity contribution in [3.8, 4) is 0 Å². The van der Waals surface area contributed by atoms with E-state index in [1.807, 2.05) is 11.3 Å². The summed E-state index contributed by atoms with van der Waals surface area (Å²) in [4.78, 5) is 1.43. The lowest BCUT2D eigenvalue weighted by Gasteiger charge is -2.32. The lowest BCUT2D eigenvalue weighted by molar-refractivity contribution is 0.347. The van der Waals surface area contributed by atoms with Gasteiger partial charge in [-0.1, -0.05) is 50.6 Å². The zero-order valence-corrected chi connectivity index (χ0v) is 15.4. The van der Waals surface area contributed by atoms with Crippen molar-refractivity contribution in [1.82, 2.24) is 5.32 Å². The first-order valence-corrected chi connectivity index (χ1v) is 9.28. The Morgan fingerprint density at radius 3 is 2.43 bits per heavy atom. The average Bonchev–Trinajstić information content (AvgIpc) is 2.92. The molecule has 3 heteroatoms. The van der Waals surface area contributed by atoms with Gasteiger partial charge in [-0.2, -0.15) is 0 Å². The summed E-state index contributed by atoms with van der Waals surface area (Å²) in [5, 5.41) is 5.73. The monoisotopic (exact) mass is 365 g/mol. The molecule has 114 valence electrons. The molecule has 1 nitrogen and oxygen atoms in total. The van der Waals surface area contributed by atoms with E-state index in [0.29, 0.717) is 17.9 Å². The van der Waals surface area contributed by atoms with Gasteiger partial charge in [-0.3, -0.25) is 0 Å². The molecule has 0 spiro atoms. The second-order valence-electron chi connectivity index (χ2n) is 5.61. The molecule has 0 radical (unpaired) electrons. The molecule has 0 aliphatic rings. The summed E-state index contributed by atoms with van der Waals surface area (Å²) in [5.41, 5.74) is 1.44. The van der Waals surface area contributed by atoms with Gasteiger partial charge in [0.25, 0.3) is 0 Å². The Morgan fingerprint density at radius 2 is 1.90 bits per heavy atom. The molecule has 1 aromatic carbocycles. The number of rotatable bonds is 7. The molecule has 0 fully saturated rings. The molecule has 0 bridgehead atoms. The van der Waals surface area contributed by atoms with Crippen LogP contribution in [0.2, 0.25) is 0 Å². The lowest BCUT2D eigenvalue weighted by atomic mass is 9.79. The number of benzene rings is 1. The van der Waals surface area contributed by atoms with E-state index in [9.17, 15) is 0 Å². The topological polar surface area (TPSA) is 12.0 Å². The molecule has 1 heterocycles. The summed E-state index contributed by atoms with van der Waals surface area (Å²) in [6.07, 6.45) is 2.27. The molecule has 21 heavy (non-hydrogen) atoms. The van der Waals surface area contributed by atoms with Gasteiger partial charge in [0.2, 0.25) is 0 Å². The van der Waals surface area contributed by atoms with Crippen LogP contribution in [0.25, 0.3) is 0 Å². The van der Waals surface area contributed by atoms with E-state index in [-0.39, 0.29) is 0 Å². The zero-order chi connectivity index (χ0) is 15.2. The summed E-state index contributed by atoms with van der Waals surface area (Å²) >= 11 is 5.50. The highest BCUT2D eigenvalue weighted by Gasteiger charge is 2.27. The fraction of sp³-hybridized carbons (Fsp3) is 0.444. The van der Waals surface area contributed by atoms with Crippen LogP contribution in [0.1, 0.15) is 36.6 Å². The number of nitrogens with one attached hydrogen (secondary N) is 1. The second kappa shape index (κ2) is 8.11. The molecule has 0 saturated heterocycles. The maximum absolute atomic E-state index is 3.67. The quantitative estimate of drug-likeness (QED) is 0.685. The molecule has 3 unspecified atom stereocenters. The molecule has 0 saturated carbocycles. The Labute approximate surface area is 140 Å². The van der Waals surface area contributed by atoms with Crippen LogP contribution in [0, 0.1) is 5.92 Å². The lowest BCUT2D eigenvalue weighted by Crippen LogP contribution is -2.37. The van der Waals surface area contributed by atoms with Crippen LogP contribution in [0.3, 0.4) is 0 Å². The van der Waals surface area contributed by atoms with Crippen molar-refractivity contribution < 1.29 is 0 Å². The third-order valence-corrected chi connectivity index (χ3v) is 6.29. The third-order valence-electron chi connectivity index (χ3n) is 4.34. The van der Waals surface area contributed by atoms with Gasteiger partial charge < -0.3 is 5.32 Å². The third kappa shape index (κ3) is 4.18. The van der Waals surface area contributed by atoms with Gasteiger partial charge in [-0.15, -0.1) is 11.3 Å². The number of hydrogen-bond donors (Lipinski definition) is 1. The summed E-state index contributed by atoms with van der Waals surface area (Å²) in [6, 6.07) is 13.5. The highest BCUT2D eigenvalue weighted by atomic mass is 79.9. The molecule has 1 N–H and O–H groups in total. The first-order valence-electron chi connectivity index (χ1n) is 7.61. The number of halogens is 1. The fourth-order valence-corrected chi connectivity index (χ4v) is 4.54. The maximum atomic E-state index is 3.67. The van der Waals surface area contributed by atoms with Gasteiger partial charge in [0.15, 0.2) is 0 Å². The van der Waals surface area contributed by atoms with Gasteiger partial charge in [0.1, 0.15) is 0 Å². The highest BCUT2D eigenvalue weighted by Crippen LogP contribution is 2.34. The molecule has 0 aliphatic heterocycles. The number of likely N-dealkylation sites (N-methyl/N-ethyl adjacent to an activating group) is 1. The first-order chi connectivity index (χ1) is 10.2. The molecular formula is C18H24BrNS. The van der Waals surface area contributed by atoms with Gasteiger partial charge in [0, 0.05) is 21.3 Å². The van der Waals surface area contributed by atoms with E-state index in [1.54, 1.807) is 0 Å². The summed E-state index contributed by atoms with van der Waals surface area (Å²) in [5.74, 6) is 1.19. The van der Waals surface area contributed by atoms with E-state index < -0.39 is 0 Å². The Kier molecular flexibility index (Phi) is 6.46. The highest BCUT2D eigenvalue weighted by molar-refractivity contribution is 9.10. The van der Waals surface area contributed by atoms with E-state index in [2.05, 4.69) is 83.9 Å². The minimum atomic E-state index is 0.456. The molecule has 0 aliphatic carbocycles. The molecule has 1 aromatic heterocycles. The van der Waals surface area contributed by atoms with Crippen molar-refractivity contribution in [3.05, 3.63) is 56.7 Å². The summed E-state index contributed by atoms with van der Waals surface area (Å²) in [6.45, 7) is 4.65. The van der Waals surface area contributed by atoms with Crippen LogP contribution in [-0.4, -0.2) is 13.1 Å².